The molecule has 35 heavy (non-hydrogen) atoms. The second-order valence-corrected chi connectivity index (χ2v) is 9.55. The third-order valence-corrected chi connectivity index (χ3v) is 6.97. The average molecular weight is 504 g/mol. The van der Waals surface area contributed by atoms with Gasteiger partial charge in [-0.05, 0) is 60.6 Å². The Kier molecular flexibility index (Phi) is 6.69. The molecule has 0 spiro atoms. The third kappa shape index (κ3) is 5.50. The van der Waals surface area contributed by atoms with E-state index in [-0.39, 0.29) is 49.8 Å². The number of carboxylic acid groups (broad SMARTS) is 1. The molecule has 1 saturated heterocycles. The van der Waals surface area contributed by atoms with Gasteiger partial charge in [-0.2, -0.15) is 26.3 Å². The van der Waals surface area contributed by atoms with E-state index in [1.807, 2.05) is 4.90 Å². The molecule has 2 aliphatic rings. The molecular formula is C24H26F6N2O3. The van der Waals surface area contributed by atoms with E-state index in [0.717, 1.165) is 0 Å². The Bertz CT molecular complexity index is 1100. The van der Waals surface area contributed by atoms with Gasteiger partial charge in [-0.15, -0.1) is 0 Å². The van der Waals surface area contributed by atoms with Crippen LogP contribution in [-0.4, -0.2) is 46.9 Å². The lowest BCUT2D eigenvalue weighted by Crippen LogP contribution is -2.50. The van der Waals surface area contributed by atoms with Crippen molar-refractivity contribution in [3.05, 3.63) is 41.5 Å². The van der Waals surface area contributed by atoms with Gasteiger partial charge >= 0.3 is 18.3 Å². The number of hydrogen-bond acceptors (Lipinski definition) is 4. The molecule has 2 aromatic carbocycles. The van der Waals surface area contributed by atoms with Gasteiger partial charge in [0.05, 0.1) is 12.0 Å². The first-order chi connectivity index (χ1) is 16.3. The van der Waals surface area contributed by atoms with Gasteiger partial charge in [0.1, 0.15) is 16.9 Å². The van der Waals surface area contributed by atoms with Gasteiger partial charge in [-0.3, -0.25) is 9.69 Å². The lowest BCUT2D eigenvalue weighted by molar-refractivity contribution is -0.185. The predicted octanol–water partition coefficient (Wildman–Crippen LogP) is 5.35. The molecule has 4 rings (SSSR count). The summed E-state index contributed by atoms with van der Waals surface area (Å²) in [5.74, 6) is -2.93. The summed E-state index contributed by atoms with van der Waals surface area (Å²) in [6, 6.07) is 7.23. The molecule has 0 radical (unpaired) electrons. The maximum absolute atomic E-state index is 14.0. The molecule has 5 nitrogen and oxygen atoms in total. The standard InChI is InChI=1S/C24H26F6N2O3/c25-23(26,27)16-3-5-17(6-4-16)35-19-8-2-15-11-14(1-7-18(15)20(19)24(28,29)30)12-32-10-9-22(31,13-32)21(33)34/h1-2,7-8,11,16-17H,3-6,9-10,12-13,31H2,(H,33,34)/t16-,17+,22?. The Morgan fingerprint density at radius 1 is 1.09 bits per heavy atom. The van der Waals surface area contributed by atoms with Crippen molar-refractivity contribution in [3.63, 3.8) is 0 Å². The van der Waals surface area contributed by atoms with Gasteiger partial charge in [0.2, 0.25) is 0 Å². The minimum absolute atomic E-state index is 0.0350. The number of halogens is 6. The Balaban J connectivity index is 1.54. The monoisotopic (exact) mass is 504 g/mol. The topological polar surface area (TPSA) is 75.8 Å². The molecule has 0 amide bonds. The summed E-state index contributed by atoms with van der Waals surface area (Å²) in [6.45, 7) is 0.930. The van der Waals surface area contributed by atoms with Crippen molar-refractivity contribution in [3.8, 4) is 5.75 Å². The van der Waals surface area contributed by atoms with E-state index < -0.39 is 41.4 Å². The van der Waals surface area contributed by atoms with Crippen molar-refractivity contribution in [1.82, 2.24) is 4.90 Å². The number of nitrogens with zero attached hydrogens (tertiary/aromatic N) is 1. The SMILES string of the molecule is NC1(C(=O)O)CCN(Cc2ccc3c(C(F)(F)F)c(O[C@H]4CC[C@@H](C(F)(F)F)CC4)ccc3c2)C1. The highest BCUT2D eigenvalue weighted by Crippen LogP contribution is 2.44. The Hall–Kier alpha value is -2.53. The van der Waals surface area contributed by atoms with Crippen LogP contribution in [0.5, 0.6) is 5.75 Å². The van der Waals surface area contributed by atoms with Crippen molar-refractivity contribution in [1.29, 1.82) is 0 Å². The minimum atomic E-state index is -4.73. The largest absolute Gasteiger partial charge is 0.490 e. The summed E-state index contributed by atoms with van der Waals surface area (Å²) in [5.41, 5.74) is 4.31. The zero-order valence-corrected chi connectivity index (χ0v) is 18.8. The molecule has 1 heterocycles. The van der Waals surface area contributed by atoms with E-state index in [4.69, 9.17) is 10.5 Å². The smallest absolute Gasteiger partial charge is 0.420 e. The molecule has 0 aromatic heterocycles. The summed E-state index contributed by atoms with van der Waals surface area (Å²) < 4.78 is 86.4. The van der Waals surface area contributed by atoms with Crippen molar-refractivity contribution < 1.29 is 41.0 Å². The molecule has 3 N–H and O–H groups in total. The Morgan fingerprint density at radius 2 is 1.77 bits per heavy atom. The number of ether oxygens (including phenoxy) is 1. The first kappa shape index (κ1) is 25.6. The number of benzene rings is 2. The van der Waals surface area contributed by atoms with Crippen LogP contribution < -0.4 is 10.5 Å². The van der Waals surface area contributed by atoms with Crippen LogP contribution in [0.3, 0.4) is 0 Å². The van der Waals surface area contributed by atoms with Crippen LogP contribution in [0.25, 0.3) is 10.8 Å². The lowest BCUT2D eigenvalue weighted by Gasteiger charge is -2.31. The van der Waals surface area contributed by atoms with Crippen LogP contribution in [0.4, 0.5) is 26.3 Å². The Morgan fingerprint density at radius 3 is 2.34 bits per heavy atom. The van der Waals surface area contributed by atoms with E-state index in [1.165, 1.54) is 18.2 Å². The van der Waals surface area contributed by atoms with Crippen LogP contribution in [0.15, 0.2) is 30.3 Å². The highest BCUT2D eigenvalue weighted by molar-refractivity contribution is 5.89. The number of carbonyl (C=O) groups is 1. The summed E-state index contributed by atoms with van der Waals surface area (Å²) in [4.78, 5) is 13.2. The zero-order valence-electron chi connectivity index (χ0n) is 18.8. The second kappa shape index (κ2) is 9.16. The number of nitrogens with two attached hydrogens (primary N) is 1. The van der Waals surface area contributed by atoms with Crippen LogP contribution in [0.2, 0.25) is 0 Å². The highest BCUT2D eigenvalue weighted by atomic mass is 19.4. The molecule has 2 fully saturated rings. The number of likely N-dealkylation sites (tertiary alicyclic amines) is 1. The molecule has 1 atom stereocenters. The van der Waals surface area contributed by atoms with E-state index in [9.17, 15) is 36.2 Å². The fraction of sp³-hybridized carbons (Fsp3) is 0.542. The lowest BCUT2D eigenvalue weighted by atomic mass is 9.87. The Labute approximate surface area is 197 Å². The van der Waals surface area contributed by atoms with Gasteiger partial charge in [-0.1, -0.05) is 18.2 Å². The fourth-order valence-electron chi connectivity index (χ4n) is 5.02. The summed E-state index contributed by atoms with van der Waals surface area (Å²) in [7, 11) is 0. The molecule has 1 aliphatic heterocycles. The summed E-state index contributed by atoms with van der Waals surface area (Å²) >= 11 is 0. The number of hydrogen-bond donors (Lipinski definition) is 2. The van der Waals surface area contributed by atoms with Gasteiger partial charge in [0.15, 0.2) is 0 Å². The highest BCUT2D eigenvalue weighted by Gasteiger charge is 2.43. The van der Waals surface area contributed by atoms with Gasteiger partial charge in [0, 0.05) is 19.6 Å². The average Bonchev–Trinajstić information content (AvgIpc) is 3.14. The quantitative estimate of drug-likeness (QED) is 0.538. The van der Waals surface area contributed by atoms with Gasteiger partial charge in [-0.25, -0.2) is 0 Å². The van der Waals surface area contributed by atoms with E-state index in [0.29, 0.717) is 24.0 Å². The van der Waals surface area contributed by atoms with E-state index in [2.05, 4.69) is 0 Å². The van der Waals surface area contributed by atoms with Crippen LogP contribution >= 0.6 is 0 Å². The van der Waals surface area contributed by atoms with Crippen molar-refractivity contribution >= 4 is 16.7 Å². The van der Waals surface area contributed by atoms with Gasteiger partial charge in [0.25, 0.3) is 0 Å². The molecule has 192 valence electrons. The van der Waals surface area contributed by atoms with Gasteiger partial charge < -0.3 is 15.6 Å². The molecule has 1 unspecified atom stereocenters. The number of rotatable bonds is 5. The molecular weight excluding hydrogens is 478 g/mol. The van der Waals surface area contributed by atoms with E-state index in [1.54, 1.807) is 12.1 Å². The van der Waals surface area contributed by atoms with Crippen molar-refractivity contribution in [2.75, 3.05) is 13.1 Å². The maximum atomic E-state index is 14.0. The number of carboxylic acids is 1. The number of fused-ring (bicyclic) bond motifs is 1. The number of alkyl halides is 6. The van der Waals surface area contributed by atoms with Crippen molar-refractivity contribution in [2.24, 2.45) is 11.7 Å². The van der Waals surface area contributed by atoms with Crippen molar-refractivity contribution in [2.45, 2.75) is 62.6 Å². The molecule has 0 bridgehead atoms. The summed E-state index contributed by atoms with van der Waals surface area (Å²) in [6.07, 6.45) is -9.75. The zero-order chi connectivity index (χ0) is 25.6. The second-order valence-electron chi connectivity index (χ2n) is 9.55. The predicted molar refractivity (Wildman–Crippen MR) is 116 cm³/mol. The summed E-state index contributed by atoms with van der Waals surface area (Å²) in [5, 5.41) is 9.54. The number of aliphatic carboxylic acids is 1. The normalized spacial score (nSPS) is 26.3. The first-order valence-electron chi connectivity index (χ1n) is 11.4. The van der Waals surface area contributed by atoms with Crippen LogP contribution in [0, 0.1) is 5.92 Å². The maximum Gasteiger partial charge on any atom is 0.420 e. The fourth-order valence-corrected chi connectivity index (χ4v) is 5.02. The molecule has 1 saturated carbocycles. The van der Waals surface area contributed by atoms with Crippen LogP contribution in [-0.2, 0) is 17.5 Å². The third-order valence-electron chi connectivity index (χ3n) is 6.97. The van der Waals surface area contributed by atoms with E-state index >= 15 is 0 Å². The molecule has 1 aliphatic carbocycles. The van der Waals surface area contributed by atoms with Crippen LogP contribution in [0.1, 0.15) is 43.2 Å². The molecule has 11 heteroatoms. The minimum Gasteiger partial charge on any atom is -0.490 e. The first-order valence-corrected chi connectivity index (χ1v) is 11.4. The molecule has 2 aromatic rings.